The smallest absolute Gasteiger partial charge is 0.216 e. The number of benzene rings is 2. The van der Waals surface area contributed by atoms with Gasteiger partial charge in [-0.15, -0.1) is 0 Å². The number of rotatable bonds is 4. The molecule has 0 unspecified atom stereocenters. The quantitative estimate of drug-likeness (QED) is 0.775. The van der Waals surface area contributed by atoms with Crippen LogP contribution in [0.3, 0.4) is 0 Å². The van der Waals surface area contributed by atoms with Crippen LogP contribution < -0.4 is 4.90 Å². The van der Waals surface area contributed by atoms with Crippen molar-refractivity contribution >= 4 is 21.6 Å². The molecule has 1 heterocycles. The monoisotopic (exact) mass is 368 g/mol. The first-order valence-electron chi connectivity index (χ1n) is 8.37. The summed E-state index contributed by atoms with van der Waals surface area (Å²) in [7, 11) is -3.82. The molecule has 2 aromatic carbocycles. The van der Waals surface area contributed by atoms with Crippen LogP contribution in [0, 0.1) is 18.3 Å². The number of aryl methyl sites for hydroxylation is 1. The van der Waals surface area contributed by atoms with Crippen LogP contribution in [0.4, 0.5) is 5.69 Å². The Kier molecular flexibility index (Phi) is 5.40. The Morgan fingerprint density at radius 2 is 1.69 bits per heavy atom. The Hall–Kier alpha value is -2.62. The van der Waals surface area contributed by atoms with E-state index in [1.54, 1.807) is 12.1 Å². The molecule has 0 aliphatic carbocycles. The Labute approximate surface area is 154 Å². The summed E-state index contributed by atoms with van der Waals surface area (Å²) in [5.41, 5.74) is 2.70. The minimum absolute atomic E-state index is 0.126. The normalized spacial score (nSPS) is 15.5. The summed E-state index contributed by atoms with van der Waals surface area (Å²) in [6.45, 7) is 4.96. The zero-order chi connectivity index (χ0) is 18.6. The van der Waals surface area contributed by atoms with E-state index < -0.39 is 9.84 Å². The maximum atomic E-state index is 12.7. The zero-order valence-electron chi connectivity index (χ0n) is 14.6. The molecule has 1 aliphatic rings. The second-order valence-electron chi connectivity index (χ2n) is 6.13. The van der Waals surface area contributed by atoms with Gasteiger partial charge in [0, 0.05) is 18.8 Å². The van der Waals surface area contributed by atoms with Crippen molar-refractivity contribution in [2.24, 2.45) is 0 Å². The van der Waals surface area contributed by atoms with E-state index in [1.807, 2.05) is 37.3 Å². The molecule has 3 rings (SSSR count). The third kappa shape index (κ3) is 3.96. The van der Waals surface area contributed by atoms with Gasteiger partial charge in [-0.25, -0.2) is 8.42 Å². The summed E-state index contributed by atoms with van der Waals surface area (Å²) in [6, 6.07) is 15.8. The standard InChI is InChI=1S/C20H20N2O3S/c1-16-2-8-19(9-3-16)26(23,24)20(15-21)14-17-4-6-18(7-5-17)22-10-12-25-13-11-22/h2-9,14H,10-13H2,1H3/b20-14+. The number of ether oxygens (including phenoxy) is 1. The molecule has 6 heteroatoms. The lowest BCUT2D eigenvalue weighted by Gasteiger charge is -2.28. The van der Waals surface area contributed by atoms with E-state index in [2.05, 4.69) is 4.90 Å². The topological polar surface area (TPSA) is 70.4 Å². The molecule has 1 aliphatic heterocycles. The first-order valence-corrected chi connectivity index (χ1v) is 9.85. The maximum Gasteiger partial charge on any atom is 0.216 e. The molecule has 0 aromatic heterocycles. The van der Waals surface area contributed by atoms with Gasteiger partial charge in [-0.05, 0) is 42.8 Å². The number of nitriles is 1. The van der Waals surface area contributed by atoms with Crippen molar-refractivity contribution in [3.05, 3.63) is 64.6 Å². The summed E-state index contributed by atoms with van der Waals surface area (Å²) in [5.74, 6) is 0. The largest absolute Gasteiger partial charge is 0.378 e. The van der Waals surface area contributed by atoms with Crippen molar-refractivity contribution in [1.82, 2.24) is 0 Å². The Bertz CT molecular complexity index is 934. The third-order valence-electron chi connectivity index (χ3n) is 4.30. The minimum Gasteiger partial charge on any atom is -0.378 e. The lowest BCUT2D eigenvalue weighted by molar-refractivity contribution is 0.122. The fraction of sp³-hybridized carbons (Fsp3) is 0.250. The van der Waals surface area contributed by atoms with E-state index in [9.17, 15) is 13.7 Å². The van der Waals surface area contributed by atoms with Gasteiger partial charge in [0.15, 0.2) is 0 Å². The van der Waals surface area contributed by atoms with Gasteiger partial charge in [-0.2, -0.15) is 5.26 Å². The molecule has 0 amide bonds. The first-order chi connectivity index (χ1) is 12.5. The van der Waals surface area contributed by atoms with Crippen molar-refractivity contribution in [3.8, 4) is 6.07 Å². The summed E-state index contributed by atoms with van der Waals surface area (Å²) in [5, 5.41) is 9.38. The van der Waals surface area contributed by atoms with Crippen LogP contribution in [0.15, 0.2) is 58.3 Å². The summed E-state index contributed by atoms with van der Waals surface area (Å²) < 4.78 is 30.7. The number of allylic oxidation sites excluding steroid dienone is 1. The highest BCUT2D eigenvalue weighted by Gasteiger charge is 2.20. The Morgan fingerprint density at radius 1 is 1.08 bits per heavy atom. The highest BCUT2D eigenvalue weighted by Crippen LogP contribution is 2.23. The van der Waals surface area contributed by atoms with Gasteiger partial charge in [-0.3, -0.25) is 0 Å². The summed E-state index contributed by atoms with van der Waals surface area (Å²) in [4.78, 5) is 2.08. The molecule has 0 spiro atoms. The van der Waals surface area contributed by atoms with Gasteiger partial charge in [0.1, 0.15) is 11.0 Å². The first kappa shape index (κ1) is 18.2. The highest BCUT2D eigenvalue weighted by molar-refractivity contribution is 7.95. The van der Waals surface area contributed by atoms with Crippen LogP contribution in [-0.2, 0) is 14.6 Å². The average molecular weight is 368 g/mol. The molecular formula is C20H20N2O3S. The number of nitrogens with zero attached hydrogens (tertiary/aromatic N) is 2. The fourth-order valence-corrected chi connectivity index (χ4v) is 3.93. The van der Waals surface area contributed by atoms with E-state index in [1.165, 1.54) is 18.2 Å². The SMILES string of the molecule is Cc1ccc(S(=O)(=O)/C(C#N)=C/c2ccc(N3CCOCC3)cc2)cc1. The zero-order valence-corrected chi connectivity index (χ0v) is 15.4. The van der Waals surface area contributed by atoms with E-state index >= 15 is 0 Å². The van der Waals surface area contributed by atoms with Crippen LogP contribution in [0.1, 0.15) is 11.1 Å². The highest BCUT2D eigenvalue weighted by atomic mass is 32.2. The van der Waals surface area contributed by atoms with E-state index in [0.717, 1.165) is 24.3 Å². The molecule has 26 heavy (non-hydrogen) atoms. The third-order valence-corrected chi connectivity index (χ3v) is 5.98. The van der Waals surface area contributed by atoms with Gasteiger partial charge >= 0.3 is 0 Å². The van der Waals surface area contributed by atoms with Crippen LogP contribution in [0.5, 0.6) is 0 Å². The molecule has 5 nitrogen and oxygen atoms in total. The van der Waals surface area contributed by atoms with Crippen LogP contribution in [0.2, 0.25) is 0 Å². The predicted molar refractivity (Wildman–Crippen MR) is 101 cm³/mol. The second kappa shape index (κ2) is 7.73. The lowest BCUT2D eigenvalue weighted by Crippen LogP contribution is -2.36. The minimum atomic E-state index is -3.82. The number of morpholine rings is 1. The van der Waals surface area contributed by atoms with Crippen molar-refractivity contribution < 1.29 is 13.2 Å². The second-order valence-corrected chi connectivity index (χ2v) is 8.05. The van der Waals surface area contributed by atoms with Crippen LogP contribution in [-0.4, -0.2) is 34.7 Å². The average Bonchev–Trinajstić information content (AvgIpc) is 2.67. The van der Waals surface area contributed by atoms with Crippen LogP contribution >= 0.6 is 0 Å². The van der Waals surface area contributed by atoms with Crippen molar-refractivity contribution in [2.75, 3.05) is 31.2 Å². The predicted octanol–water partition coefficient (Wildman–Crippen LogP) is 3.17. The Balaban J connectivity index is 1.86. The maximum absolute atomic E-state index is 12.7. The van der Waals surface area contributed by atoms with E-state index in [-0.39, 0.29) is 9.80 Å². The molecular weight excluding hydrogens is 348 g/mol. The molecule has 134 valence electrons. The molecule has 2 aromatic rings. The van der Waals surface area contributed by atoms with Crippen LogP contribution in [0.25, 0.3) is 6.08 Å². The van der Waals surface area contributed by atoms with E-state index in [4.69, 9.17) is 4.74 Å². The summed E-state index contributed by atoms with van der Waals surface area (Å²) in [6.07, 6.45) is 1.41. The molecule has 0 radical (unpaired) electrons. The molecule has 1 fully saturated rings. The van der Waals surface area contributed by atoms with Gasteiger partial charge in [0.25, 0.3) is 0 Å². The number of sulfone groups is 1. The summed E-state index contributed by atoms with van der Waals surface area (Å²) >= 11 is 0. The number of hydrogen-bond donors (Lipinski definition) is 0. The molecule has 0 saturated carbocycles. The number of hydrogen-bond acceptors (Lipinski definition) is 5. The van der Waals surface area contributed by atoms with E-state index in [0.29, 0.717) is 18.8 Å². The molecule has 0 N–H and O–H groups in total. The van der Waals surface area contributed by atoms with Gasteiger partial charge < -0.3 is 9.64 Å². The fourth-order valence-electron chi connectivity index (χ4n) is 2.77. The Morgan fingerprint density at radius 3 is 2.27 bits per heavy atom. The molecule has 0 atom stereocenters. The lowest BCUT2D eigenvalue weighted by atomic mass is 10.2. The van der Waals surface area contributed by atoms with Crippen molar-refractivity contribution in [1.29, 1.82) is 5.26 Å². The van der Waals surface area contributed by atoms with Gasteiger partial charge in [-0.1, -0.05) is 29.8 Å². The molecule has 0 bridgehead atoms. The number of anilines is 1. The molecule has 1 saturated heterocycles. The van der Waals surface area contributed by atoms with Crippen molar-refractivity contribution in [3.63, 3.8) is 0 Å². The van der Waals surface area contributed by atoms with Gasteiger partial charge in [0.2, 0.25) is 9.84 Å². The van der Waals surface area contributed by atoms with Gasteiger partial charge in [0.05, 0.1) is 18.1 Å². The van der Waals surface area contributed by atoms with Crippen molar-refractivity contribution in [2.45, 2.75) is 11.8 Å².